The predicted octanol–water partition coefficient (Wildman–Crippen LogP) is 2.56. The first-order valence-electron chi connectivity index (χ1n) is 9.37. The van der Waals surface area contributed by atoms with Crippen molar-refractivity contribution < 1.29 is 14.3 Å². The van der Waals surface area contributed by atoms with Gasteiger partial charge in [0.1, 0.15) is 6.61 Å². The second-order valence-electron chi connectivity index (χ2n) is 7.10. The number of ether oxygens (including phenoxy) is 1. The minimum atomic E-state index is -0.920. The molecule has 26 heavy (non-hydrogen) atoms. The molecule has 1 fully saturated rings. The lowest BCUT2D eigenvalue weighted by atomic mass is 9.82. The van der Waals surface area contributed by atoms with Crippen LogP contribution in [-0.2, 0) is 14.3 Å². The van der Waals surface area contributed by atoms with Crippen LogP contribution in [0.3, 0.4) is 0 Å². The molecule has 1 aliphatic heterocycles. The number of carbonyl (C=O) groups excluding carboxylic acids is 2. The summed E-state index contributed by atoms with van der Waals surface area (Å²) in [5, 5.41) is 0. The Morgan fingerprint density at radius 3 is 2.73 bits per heavy atom. The summed E-state index contributed by atoms with van der Waals surface area (Å²) >= 11 is 0. The molecule has 1 amide bonds. The molecule has 0 spiro atoms. The van der Waals surface area contributed by atoms with Crippen LogP contribution in [0.4, 0.5) is 5.69 Å². The second kappa shape index (κ2) is 7.99. The number of amides is 1. The fourth-order valence-electron chi connectivity index (χ4n) is 3.97. The summed E-state index contributed by atoms with van der Waals surface area (Å²) < 4.78 is 5.06. The van der Waals surface area contributed by atoms with Gasteiger partial charge in [-0.2, -0.15) is 0 Å². The zero-order valence-corrected chi connectivity index (χ0v) is 15.5. The quantitative estimate of drug-likeness (QED) is 0.839. The third kappa shape index (κ3) is 3.80. The first kappa shape index (κ1) is 18.6. The van der Waals surface area contributed by atoms with Crippen molar-refractivity contribution in [2.75, 3.05) is 18.1 Å². The standard InChI is InChI=1S/C20H27N3O3/c1-13-7-6-10-16-17(15-8-4-3-5-9-15)22-19(21)20(25)23(18(13)16)11-12-26-14(2)24/h6-7,10,15,19H,3-5,8-9,11-12,21H2,1-2H3/t19-/m0/s1. The van der Waals surface area contributed by atoms with Gasteiger partial charge >= 0.3 is 5.97 Å². The van der Waals surface area contributed by atoms with Crippen molar-refractivity contribution in [1.82, 2.24) is 0 Å². The van der Waals surface area contributed by atoms with E-state index in [1.807, 2.05) is 25.1 Å². The number of aliphatic imine (C=N–C) groups is 1. The molecule has 2 N–H and O–H groups in total. The summed E-state index contributed by atoms with van der Waals surface area (Å²) in [6.07, 6.45) is 4.87. The monoisotopic (exact) mass is 357 g/mol. The van der Waals surface area contributed by atoms with Gasteiger partial charge in [-0.3, -0.25) is 14.6 Å². The first-order chi connectivity index (χ1) is 12.5. The molecule has 1 heterocycles. The van der Waals surface area contributed by atoms with Crippen LogP contribution in [0.1, 0.15) is 50.2 Å². The lowest BCUT2D eigenvalue weighted by Gasteiger charge is -2.27. The van der Waals surface area contributed by atoms with E-state index < -0.39 is 6.17 Å². The molecule has 1 aliphatic carbocycles. The first-order valence-corrected chi connectivity index (χ1v) is 9.37. The lowest BCUT2D eigenvalue weighted by molar-refractivity contribution is -0.141. The van der Waals surface area contributed by atoms with Gasteiger partial charge in [0, 0.05) is 24.1 Å². The number of para-hydroxylation sites is 1. The molecule has 1 aromatic rings. The lowest BCUT2D eigenvalue weighted by Crippen LogP contribution is -2.44. The normalized spacial score (nSPS) is 21.0. The Labute approximate surface area is 154 Å². The highest BCUT2D eigenvalue weighted by atomic mass is 16.5. The minimum absolute atomic E-state index is 0.139. The van der Waals surface area contributed by atoms with Crippen LogP contribution < -0.4 is 10.6 Å². The number of aryl methyl sites for hydroxylation is 1. The molecular formula is C20H27N3O3. The Bertz CT molecular complexity index is 723. The summed E-state index contributed by atoms with van der Waals surface area (Å²) in [7, 11) is 0. The van der Waals surface area contributed by atoms with E-state index in [1.54, 1.807) is 4.90 Å². The Balaban J connectivity index is 2.01. The SMILES string of the molecule is CC(=O)OCCN1C(=O)[C@@H](N)N=C(C2CCCCC2)c2cccc(C)c21. The summed E-state index contributed by atoms with van der Waals surface area (Å²) in [4.78, 5) is 30.3. The maximum Gasteiger partial charge on any atom is 0.302 e. The fourth-order valence-corrected chi connectivity index (χ4v) is 3.97. The number of fused-ring (bicyclic) bond motifs is 1. The average Bonchev–Trinajstić information content (AvgIpc) is 2.73. The topological polar surface area (TPSA) is 85.0 Å². The van der Waals surface area contributed by atoms with Crippen LogP contribution in [-0.4, -0.2) is 36.9 Å². The van der Waals surface area contributed by atoms with Crippen LogP contribution in [0.15, 0.2) is 23.2 Å². The van der Waals surface area contributed by atoms with Crippen molar-refractivity contribution in [3.8, 4) is 0 Å². The number of rotatable bonds is 4. The molecule has 140 valence electrons. The third-order valence-electron chi connectivity index (χ3n) is 5.19. The smallest absolute Gasteiger partial charge is 0.302 e. The van der Waals surface area contributed by atoms with Crippen LogP contribution in [0.2, 0.25) is 0 Å². The van der Waals surface area contributed by atoms with Crippen molar-refractivity contribution in [1.29, 1.82) is 0 Å². The minimum Gasteiger partial charge on any atom is -0.464 e. The van der Waals surface area contributed by atoms with Gasteiger partial charge in [0.05, 0.1) is 12.2 Å². The molecule has 0 aromatic heterocycles. The molecule has 6 heteroatoms. The van der Waals surface area contributed by atoms with Gasteiger partial charge in [0.15, 0.2) is 6.17 Å². The molecule has 0 radical (unpaired) electrons. The highest BCUT2D eigenvalue weighted by Crippen LogP contribution is 2.35. The molecule has 1 aromatic carbocycles. The van der Waals surface area contributed by atoms with Crippen LogP contribution in [0.25, 0.3) is 0 Å². The van der Waals surface area contributed by atoms with E-state index in [9.17, 15) is 9.59 Å². The number of hydrogen-bond acceptors (Lipinski definition) is 5. The summed E-state index contributed by atoms with van der Waals surface area (Å²) in [6, 6.07) is 6.01. The largest absolute Gasteiger partial charge is 0.464 e. The highest BCUT2D eigenvalue weighted by molar-refractivity contribution is 6.14. The van der Waals surface area contributed by atoms with Gasteiger partial charge in [-0.25, -0.2) is 0 Å². The summed E-state index contributed by atoms with van der Waals surface area (Å²) in [5.74, 6) is -0.268. The van der Waals surface area contributed by atoms with E-state index >= 15 is 0 Å². The number of benzodiazepines with no additional fused rings is 1. The van der Waals surface area contributed by atoms with Crippen molar-refractivity contribution >= 4 is 23.3 Å². The van der Waals surface area contributed by atoms with Crippen LogP contribution in [0.5, 0.6) is 0 Å². The Morgan fingerprint density at radius 1 is 1.31 bits per heavy atom. The van der Waals surface area contributed by atoms with E-state index in [1.165, 1.54) is 26.2 Å². The average molecular weight is 357 g/mol. The maximum absolute atomic E-state index is 12.9. The molecule has 2 aliphatic rings. The number of anilines is 1. The van der Waals surface area contributed by atoms with Crippen molar-refractivity contribution in [2.45, 2.75) is 52.1 Å². The van der Waals surface area contributed by atoms with E-state index in [-0.39, 0.29) is 25.0 Å². The van der Waals surface area contributed by atoms with Gasteiger partial charge in [0.25, 0.3) is 5.91 Å². The number of nitrogens with zero attached hydrogens (tertiary/aromatic N) is 2. The van der Waals surface area contributed by atoms with E-state index in [0.717, 1.165) is 35.4 Å². The number of nitrogens with two attached hydrogens (primary N) is 1. The van der Waals surface area contributed by atoms with Gasteiger partial charge in [0.2, 0.25) is 0 Å². The number of esters is 1. The molecule has 3 rings (SSSR count). The van der Waals surface area contributed by atoms with E-state index in [2.05, 4.69) is 4.99 Å². The van der Waals surface area contributed by atoms with Crippen LogP contribution in [0, 0.1) is 12.8 Å². The van der Waals surface area contributed by atoms with E-state index in [0.29, 0.717) is 5.92 Å². The summed E-state index contributed by atoms with van der Waals surface area (Å²) in [5.41, 5.74) is 9.93. The molecule has 6 nitrogen and oxygen atoms in total. The third-order valence-corrected chi connectivity index (χ3v) is 5.19. The molecule has 0 bridgehead atoms. The van der Waals surface area contributed by atoms with E-state index in [4.69, 9.17) is 10.5 Å². The van der Waals surface area contributed by atoms with Crippen LogP contribution >= 0.6 is 0 Å². The Hall–Kier alpha value is -2.21. The van der Waals surface area contributed by atoms with Gasteiger partial charge < -0.3 is 15.4 Å². The Kier molecular flexibility index (Phi) is 5.71. The highest BCUT2D eigenvalue weighted by Gasteiger charge is 2.33. The second-order valence-corrected chi connectivity index (χ2v) is 7.10. The van der Waals surface area contributed by atoms with Gasteiger partial charge in [-0.1, -0.05) is 37.5 Å². The predicted molar refractivity (Wildman–Crippen MR) is 101 cm³/mol. The van der Waals surface area contributed by atoms with Gasteiger partial charge in [-0.15, -0.1) is 0 Å². The maximum atomic E-state index is 12.9. The molecule has 0 unspecified atom stereocenters. The number of benzene rings is 1. The zero-order chi connectivity index (χ0) is 18.7. The molecule has 1 saturated carbocycles. The fraction of sp³-hybridized carbons (Fsp3) is 0.550. The molecule has 0 saturated heterocycles. The number of carbonyl (C=O) groups is 2. The number of hydrogen-bond donors (Lipinski definition) is 1. The summed E-state index contributed by atoms with van der Waals surface area (Å²) in [6.45, 7) is 3.76. The zero-order valence-electron chi connectivity index (χ0n) is 15.5. The van der Waals surface area contributed by atoms with Crippen molar-refractivity contribution in [2.24, 2.45) is 16.6 Å². The molecular weight excluding hydrogens is 330 g/mol. The molecule has 1 atom stereocenters. The van der Waals surface area contributed by atoms with Crippen molar-refractivity contribution in [3.63, 3.8) is 0 Å². The van der Waals surface area contributed by atoms with Crippen molar-refractivity contribution in [3.05, 3.63) is 29.3 Å². The van der Waals surface area contributed by atoms with Gasteiger partial charge in [-0.05, 0) is 25.3 Å². The Morgan fingerprint density at radius 2 is 2.04 bits per heavy atom.